The largest absolute Gasteiger partial charge is 0.465 e. The molecule has 0 saturated carbocycles. The van der Waals surface area contributed by atoms with E-state index in [1.54, 1.807) is 0 Å². The van der Waals surface area contributed by atoms with Gasteiger partial charge in [0.1, 0.15) is 13.7 Å². The molecule has 0 aliphatic rings. The lowest BCUT2D eigenvalue weighted by Crippen LogP contribution is -2.42. The van der Waals surface area contributed by atoms with Crippen molar-refractivity contribution < 1.29 is 4.42 Å². The second-order valence-corrected chi connectivity index (χ2v) is 10.9. The first-order valence-electron chi connectivity index (χ1n) is 5.13. The predicted octanol–water partition coefficient (Wildman–Crippen LogP) is 2.94. The van der Waals surface area contributed by atoms with Crippen molar-refractivity contribution >= 4 is 47.0 Å². The molecule has 1 heterocycles. The zero-order valence-electron chi connectivity index (χ0n) is 9.50. The lowest BCUT2D eigenvalue weighted by Gasteiger charge is -2.16. The molecule has 0 fully saturated rings. The lowest BCUT2D eigenvalue weighted by molar-refractivity contribution is 0.632. The Hall–Kier alpha value is -0.623. The molecular formula is C12H13IO2Si. The highest BCUT2D eigenvalue weighted by Crippen LogP contribution is 2.14. The van der Waals surface area contributed by atoms with Crippen molar-refractivity contribution in [2.45, 2.75) is 19.6 Å². The van der Waals surface area contributed by atoms with Crippen molar-refractivity contribution in [2.75, 3.05) is 0 Å². The highest BCUT2D eigenvalue weighted by molar-refractivity contribution is 14.1. The second-order valence-electron chi connectivity index (χ2n) is 4.82. The van der Waals surface area contributed by atoms with Gasteiger partial charge in [-0.2, -0.15) is 0 Å². The SMILES string of the molecule is C[Si](C)(C)c1oc2ccccc2c(=O)c1I. The molecule has 1 aromatic carbocycles. The van der Waals surface area contributed by atoms with E-state index in [0.29, 0.717) is 11.0 Å². The van der Waals surface area contributed by atoms with Crippen LogP contribution in [0.15, 0.2) is 33.5 Å². The first-order chi connectivity index (χ1) is 7.41. The Bertz CT molecular complexity index is 596. The van der Waals surface area contributed by atoms with Crippen LogP contribution < -0.4 is 10.8 Å². The van der Waals surface area contributed by atoms with Crippen LogP contribution in [0.25, 0.3) is 11.0 Å². The van der Waals surface area contributed by atoms with Gasteiger partial charge in [0.25, 0.3) is 0 Å². The minimum absolute atomic E-state index is 0.0971. The van der Waals surface area contributed by atoms with E-state index in [-0.39, 0.29) is 5.43 Å². The van der Waals surface area contributed by atoms with E-state index in [0.717, 1.165) is 8.95 Å². The van der Waals surface area contributed by atoms with Gasteiger partial charge in [0, 0.05) is 0 Å². The maximum Gasteiger partial charge on any atom is 0.205 e. The fourth-order valence-electron chi connectivity index (χ4n) is 1.60. The fraction of sp³-hybridized carbons (Fsp3) is 0.250. The minimum atomic E-state index is -1.60. The molecule has 0 aliphatic heterocycles. The molecule has 0 atom stereocenters. The molecule has 16 heavy (non-hydrogen) atoms. The molecule has 2 nitrogen and oxygen atoms in total. The van der Waals surface area contributed by atoms with Gasteiger partial charge < -0.3 is 4.42 Å². The van der Waals surface area contributed by atoms with Crippen molar-refractivity contribution in [1.29, 1.82) is 0 Å². The van der Waals surface area contributed by atoms with Gasteiger partial charge in [-0.15, -0.1) is 0 Å². The van der Waals surface area contributed by atoms with Gasteiger partial charge in [-0.1, -0.05) is 31.8 Å². The minimum Gasteiger partial charge on any atom is -0.465 e. The number of halogens is 1. The summed E-state index contributed by atoms with van der Waals surface area (Å²) < 4.78 is 6.64. The Morgan fingerprint density at radius 2 is 1.81 bits per heavy atom. The van der Waals surface area contributed by atoms with E-state index >= 15 is 0 Å². The molecule has 0 amide bonds. The second kappa shape index (κ2) is 3.99. The van der Waals surface area contributed by atoms with Crippen LogP contribution in [-0.2, 0) is 0 Å². The Morgan fingerprint density at radius 1 is 1.19 bits per heavy atom. The Morgan fingerprint density at radius 3 is 2.44 bits per heavy atom. The summed E-state index contributed by atoms with van der Waals surface area (Å²) in [4.78, 5) is 12.2. The number of rotatable bonds is 1. The maximum atomic E-state index is 12.2. The van der Waals surface area contributed by atoms with Crippen molar-refractivity contribution in [3.63, 3.8) is 0 Å². The van der Waals surface area contributed by atoms with Crippen LogP contribution >= 0.6 is 22.6 Å². The van der Waals surface area contributed by atoms with E-state index in [9.17, 15) is 4.79 Å². The Balaban J connectivity index is 2.90. The number of benzene rings is 1. The van der Waals surface area contributed by atoms with Crippen LogP contribution in [0.3, 0.4) is 0 Å². The predicted molar refractivity (Wildman–Crippen MR) is 78.2 cm³/mol. The molecule has 1 aromatic heterocycles. The first kappa shape index (κ1) is 11.9. The van der Waals surface area contributed by atoms with Crippen LogP contribution in [0.1, 0.15) is 0 Å². The summed E-state index contributed by atoms with van der Waals surface area (Å²) >= 11 is 2.11. The molecule has 0 bridgehead atoms. The van der Waals surface area contributed by atoms with Crippen molar-refractivity contribution in [2.24, 2.45) is 0 Å². The maximum absolute atomic E-state index is 12.2. The summed E-state index contributed by atoms with van der Waals surface area (Å²) in [6, 6.07) is 7.43. The first-order valence-corrected chi connectivity index (χ1v) is 9.71. The van der Waals surface area contributed by atoms with E-state index in [1.165, 1.54) is 0 Å². The van der Waals surface area contributed by atoms with Crippen molar-refractivity contribution in [3.8, 4) is 0 Å². The van der Waals surface area contributed by atoms with Gasteiger partial charge in [0.05, 0.1) is 14.3 Å². The molecule has 0 spiro atoms. The normalized spacial score (nSPS) is 12.0. The Labute approximate surface area is 109 Å². The average Bonchev–Trinajstić information content (AvgIpc) is 2.22. The smallest absolute Gasteiger partial charge is 0.205 e. The van der Waals surface area contributed by atoms with Gasteiger partial charge in [0.15, 0.2) is 0 Å². The molecule has 0 N–H and O–H groups in total. The summed E-state index contributed by atoms with van der Waals surface area (Å²) in [6.07, 6.45) is 0. The topological polar surface area (TPSA) is 30.2 Å². The van der Waals surface area contributed by atoms with Gasteiger partial charge in [-0.3, -0.25) is 4.79 Å². The molecular weight excluding hydrogens is 331 g/mol. The molecule has 2 rings (SSSR count). The van der Waals surface area contributed by atoms with Gasteiger partial charge >= 0.3 is 0 Å². The highest BCUT2D eigenvalue weighted by Gasteiger charge is 2.25. The molecule has 0 saturated heterocycles. The Kier molecular flexibility index (Phi) is 2.96. The number of hydrogen-bond donors (Lipinski definition) is 0. The molecule has 4 heteroatoms. The van der Waals surface area contributed by atoms with Gasteiger partial charge in [0.2, 0.25) is 5.43 Å². The third kappa shape index (κ3) is 1.95. The van der Waals surface area contributed by atoms with Crippen molar-refractivity contribution in [1.82, 2.24) is 0 Å². The van der Waals surface area contributed by atoms with Crippen LogP contribution in [0.5, 0.6) is 0 Å². The summed E-state index contributed by atoms with van der Waals surface area (Å²) in [7, 11) is -1.60. The summed E-state index contributed by atoms with van der Waals surface area (Å²) in [6.45, 7) is 6.55. The average molecular weight is 344 g/mol. The summed E-state index contributed by atoms with van der Waals surface area (Å²) in [5.74, 6) is 0. The highest BCUT2D eigenvalue weighted by atomic mass is 127. The van der Waals surface area contributed by atoms with Gasteiger partial charge in [-0.05, 0) is 34.7 Å². The van der Waals surface area contributed by atoms with Gasteiger partial charge in [-0.25, -0.2) is 0 Å². The number of fused-ring (bicyclic) bond motifs is 1. The van der Waals surface area contributed by atoms with E-state index in [2.05, 4.69) is 42.2 Å². The number of hydrogen-bond acceptors (Lipinski definition) is 2. The molecule has 84 valence electrons. The zero-order chi connectivity index (χ0) is 11.9. The standard InChI is InChI=1S/C12H13IO2Si/c1-16(2,3)12-10(13)11(14)8-6-4-5-7-9(8)15-12/h4-7H,1-3H3. The zero-order valence-corrected chi connectivity index (χ0v) is 12.7. The molecule has 0 radical (unpaired) electrons. The van der Waals surface area contributed by atoms with Crippen LogP contribution in [0.4, 0.5) is 0 Å². The van der Waals surface area contributed by atoms with Crippen molar-refractivity contribution in [3.05, 3.63) is 38.1 Å². The molecule has 0 aliphatic carbocycles. The van der Waals surface area contributed by atoms with E-state index < -0.39 is 8.07 Å². The molecule has 2 aromatic rings. The summed E-state index contributed by atoms with van der Waals surface area (Å²) in [5.41, 5.74) is 0.796. The summed E-state index contributed by atoms with van der Waals surface area (Å²) in [5, 5.41) is 1.57. The third-order valence-electron chi connectivity index (χ3n) is 2.42. The fourth-order valence-corrected chi connectivity index (χ4v) is 5.62. The monoisotopic (exact) mass is 344 g/mol. The number of para-hydroxylation sites is 1. The van der Waals surface area contributed by atoms with Crippen LogP contribution in [0, 0.1) is 3.57 Å². The van der Waals surface area contributed by atoms with E-state index in [4.69, 9.17) is 4.42 Å². The molecule has 0 unspecified atom stereocenters. The van der Waals surface area contributed by atoms with E-state index in [1.807, 2.05) is 24.3 Å². The van der Waals surface area contributed by atoms with Crippen LogP contribution in [-0.4, -0.2) is 8.07 Å². The quantitative estimate of drug-likeness (QED) is 0.588. The lowest BCUT2D eigenvalue weighted by atomic mass is 10.2. The third-order valence-corrected chi connectivity index (χ3v) is 5.63. The van der Waals surface area contributed by atoms with Crippen LogP contribution in [0.2, 0.25) is 19.6 Å².